The van der Waals surface area contributed by atoms with Gasteiger partial charge < -0.3 is 4.74 Å². The largest absolute Gasteiger partial charge is 0.496 e. The fourth-order valence-corrected chi connectivity index (χ4v) is 2.36. The number of alkyl halides is 1. The van der Waals surface area contributed by atoms with Crippen molar-refractivity contribution in [2.24, 2.45) is 0 Å². The summed E-state index contributed by atoms with van der Waals surface area (Å²) < 4.78 is 5.54. The molecule has 0 saturated heterocycles. The van der Waals surface area contributed by atoms with Gasteiger partial charge in [0.1, 0.15) is 5.75 Å². The van der Waals surface area contributed by atoms with Gasteiger partial charge in [-0.1, -0.05) is 27.5 Å². The number of benzene rings is 1. The molecular formula is C13H19BrClNO. The second kappa shape index (κ2) is 6.07. The first-order valence-corrected chi connectivity index (χ1v) is 7.00. The van der Waals surface area contributed by atoms with Gasteiger partial charge in [-0.25, -0.2) is 0 Å². The van der Waals surface area contributed by atoms with Crippen LogP contribution < -0.4 is 4.74 Å². The van der Waals surface area contributed by atoms with E-state index in [-0.39, 0.29) is 0 Å². The average Bonchev–Trinajstić information content (AvgIpc) is 2.33. The molecule has 0 aliphatic carbocycles. The first-order chi connectivity index (χ1) is 7.93. The molecule has 0 saturated carbocycles. The van der Waals surface area contributed by atoms with E-state index in [9.17, 15) is 0 Å². The monoisotopic (exact) mass is 319 g/mol. The number of hydrogen-bond donors (Lipinski definition) is 0. The molecule has 4 heteroatoms. The standard InChI is InChI=1S/C13H19BrClNO/c1-8-9(2)13(17-5)11(6-16(4)7-14)10(3)12(8)15/h6-7H2,1-5H3. The molecule has 1 rings (SSSR count). The second-order valence-corrected chi connectivity index (χ2v) is 5.21. The van der Waals surface area contributed by atoms with Crippen molar-refractivity contribution < 1.29 is 4.74 Å². The fourth-order valence-electron chi connectivity index (χ4n) is 1.92. The van der Waals surface area contributed by atoms with Crippen molar-refractivity contribution in [2.75, 3.05) is 19.6 Å². The first-order valence-electron chi connectivity index (χ1n) is 5.50. The summed E-state index contributed by atoms with van der Waals surface area (Å²) in [4.78, 5) is 2.16. The van der Waals surface area contributed by atoms with Crippen LogP contribution in [0.25, 0.3) is 0 Å². The summed E-state index contributed by atoms with van der Waals surface area (Å²) in [7, 11) is 3.77. The maximum Gasteiger partial charge on any atom is 0.126 e. The summed E-state index contributed by atoms with van der Waals surface area (Å²) in [6.45, 7) is 6.96. The van der Waals surface area contributed by atoms with Crippen LogP contribution in [0.4, 0.5) is 0 Å². The van der Waals surface area contributed by atoms with E-state index >= 15 is 0 Å². The first kappa shape index (κ1) is 14.8. The van der Waals surface area contributed by atoms with Crippen molar-refractivity contribution in [2.45, 2.75) is 27.3 Å². The van der Waals surface area contributed by atoms with E-state index in [4.69, 9.17) is 16.3 Å². The van der Waals surface area contributed by atoms with Crippen molar-refractivity contribution in [3.05, 3.63) is 27.3 Å². The lowest BCUT2D eigenvalue weighted by Crippen LogP contribution is -2.17. The zero-order chi connectivity index (χ0) is 13.2. The van der Waals surface area contributed by atoms with Crippen LogP contribution in [0, 0.1) is 20.8 Å². The molecular weight excluding hydrogens is 302 g/mol. The molecule has 0 heterocycles. The molecule has 0 aliphatic rings. The van der Waals surface area contributed by atoms with E-state index in [1.165, 1.54) is 5.56 Å². The molecule has 1 aromatic carbocycles. The van der Waals surface area contributed by atoms with Crippen LogP contribution in [0.5, 0.6) is 5.75 Å². The average molecular weight is 321 g/mol. The van der Waals surface area contributed by atoms with Gasteiger partial charge in [-0.2, -0.15) is 0 Å². The molecule has 0 aliphatic heterocycles. The Morgan fingerprint density at radius 1 is 1.18 bits per heavy atom. The zero-order valence-corrected chi connectivity index (χ0v) is 13.4. The SMILES string of the molecule is COc1c(C)c(C)c(Cl)c(C)c1CN(C)CBr. The van der Waals surface area contributed by atoms with E-state index in [1.807, 2.05) is 6.92 Å². The van der Waals surface area contributed by atoms with Gasteiger partial charge in [-0.05, 0) is 44.5 Å². The molecule has 0 atom stereocenters. The van der Waals surface area contributed by atoms with E-state index in [0.717, 1.165) is 39.5 Å². The van der Waals surface area contributed by atoms with Gasteiger partial charge in [-0.3, -0.25) is 4.90 Å². The highest BCUT2D eigenvalue weighted by atomic mass is 79.9. The number of ether oxygens (including phenoxy) is 1. The van der Waals surface area contributed by atoms with Gasteiger partial charge in [0.25, 0.3) is 0 Å². The lowest BCUT2D eigenvalue weighted by atomic mass is 9.98. The number of methoxy groups -OCH3 is 1. The molecule has 0 fully saturated rings. The molecule has 1 aromatic rings. The Kier molecular flexibility index (Phi) is 5.29. The summed E-state index contributed by atoms with van der Waals surface area (Å²) in [5.41, 5.74) is 5.33. The number of halogens is 2. The van der Waals surface area contributed by atoms with Crippen LogP contribution >= 0.6 is 27.5 Å². The van der Waals surface area contributed by atoms with Crippen molar-refractivity contribution in [3.63, 3.8) is 0 Å². The number of nitrogens with zero attached hydrogens (tertiary/aromatic N) is 1. The summed E-state index contributed by atoms with van der Waals surface area (Å²) in [6, 6.07) is 0. The minimum absolute atomic E-state index is 0.820. The minimum atomic E-state index is 0.820. The molecule has 0 spiro atoms. The molecule has 2 nitrogen and oxygen atoms in total. The zero-order valence-electron chi connectivity index (χ0n) is 11.0. The molecule has 0 amide bonds. The number of hydrogen-bond acceptors (Lipinski definition) is 2. The Hall–Kier alpha value is -0.250. The van der Waals surface area contributed by atoms with E-state index < -0.39 is 0 Å². The third kappa shape index (κ3) is 2.95. The van der Waals surface area contributed by atoms with E-state index in [0.29, 0.717) is 0 Å². The Morgan fingerprint density at radius 3 is 2.24 bits per heavy atom. The van der Waals surface area contributed by atoms with Gasteiger partial charge in [0.05, 0.1) is 12.6 Å². The molecule has 0 N–H and O–H groups in total. The van der Waals surface area contributed by atoms with E-state index in [1.54, 1.807) is 7.11 Å². The predicted molar refractivity (Wildman–Crippen MR) is 77.5 cm³/mol. The van der Waals surface area contributed by atoms with Crippen molar-refractivity contribution >= 4 is 27.5 Å². The van der Waals surface area contributed by atoms with Crippen LogP contribution in [0.3, 0.4) is 0 Å². The van der Waals surface area contributed by atoms with Gasteiger partial charge in [0.2, 0.25) is 0 Å². The highest BCUT2D eigenvalue weighted by molar-refractivity contribution is 9.09. The molecule has 0 radical (unpaired) electrons. The highest BCUT2D eigenvalue weighted by Crippen LogP contribution is 2.36. The van der Waals surface area contributed by atoms with Gasteiger partial charge in [0.15, 0.2) is 0 Å². The maximum atomic E-state index is 6.36. The van der Waals surface area contributed by atoms with Crippen LogP contribution in [0.15, 0.2) is 0 Å². The third-order valence-electron chi connectivity index (χ3n) is 3.12. The van der Waals surface area contributed by atoms with Crippen molar-refractivity contribution in [3.8, 4) is 5.75 Å². The number of rotatable bonds is 4. The quantitative estimate of drug-likeness (QED) is 0.613. The van der Waals surface area contributed by atoms with Crippen LogP contribution in [-0.4, -0.2) is 24.5 Å². The summed E-state index contributed by atoms with van der Waals surface area (Å²) in [6.07, 6.45) is 0. The van der Waals surface area contributed by atoms with Crippen LogP contribution in [-0.2, 0) is 6.54 Å². The van der Waals surface area contributed by atoms with Gasteiger partial charge in [0, 0.05) is 17.1 Å². The molecule has 0 unspecified atom stereocenters. The van der Waals surface area contributed by atoms with Gasteiger partial charge in [-0.15, -0.1) is 0 Å². The molecule has 0 bridgehead atoms. The lowest BCUT2D eigenvalue weighted by Gasteiger charge is -2.22. The predicted octanol–water partition coefficient (Wildman–Crippen LogP) is 4.06. The van der Waals surface area contributed by atoms with E-state index in [2.05, 4.69) is 41.7 Å². The fraction of sp³-hybridized carbons (Fsp3) is 0.538. The summed E-state index contributed by atoms with van der Waals surface area (Å²) in [5, 5.41) is 0.848. The summed E-state index contributed by atoms with van der Waals surface area (Å²) in [5.74, 6) is 0.956. The van der Waals surface area contributed by atoms with Crippen molar-refractivity contribution in [1.29, 1.82) is 0 Å². The normalized spacial score (nSPS) is 11.1. The Morgan fingerprint density at radius 2 is 1.76 bits per heavy atom. The minimum Gasteiger partial charge on any atom is -0.496 e. The summed E-state index contributed by atoms with van der Waals surface area (Å²) >= 11 is 9.80. The topological polar surface area (TPSA) is 12.5 Å². The third-order valence-corrected chi connectivity index (χ3v) is 4.55. The van der Waals surface area contributed by atoms with Crippen LogP contribution in [0.2, 0.25) is 5.02 Å². The Labute approximate surface area is 117 Å². The van der Waals surface area contributed by atoms with Gasteiger partial charge >= 0.3 is 0 Å². The smallest absolute Gasteiger partial charge is 0.126 e. The second-order valence-electron chi connectivity index (χ2n) is 4.33. The maximum absolute atomic E-state index is 6.36. The van der Waals surface area contributed by atoms with Crippen LogP contribution in [0.1, 0.15) is 22.3 Å². The molecule has 0 aromatic heterocycles. The lowest BCUT2D eigenvalue weighted by molar-refractivity contribution is 0.362. The van der Waals surface area contributed by atoms with Crippen molar-refractivity contribution in [1.82, 2.24) is 4.90 Å². The Balaban J connectivity index is 3.36. The molecule has 96 valence electrons. The highest BCUT2D eigenvalue weighted by Gasteiger charge is 2.17. The molecule has 17 heavy (non-hydrogen) atoms. The Bertz CT molecular complexity index is 421.